The molecule has 0 unspecified atom stereocenters. The van der Waals surface area contributed by atoms with Gasteiger partial charge in [0.15, 0.2) is 5.17 Å². The van der Waals surface area contributed by atoms with Crippen molar-refractivity contribution in [1.82, 2.24) is 4.31 Å². The Hall–Kier alpha value is -1.84. The molecule has 27 heavy (non-hydrogen) atoms. The predicted octanol–water partition coefficient (Wildman–Crippen LogP) is 3.70. The molecule has 1 aliphatic heterocycles. The van der Waals surface area contributed by atoms with Crippen LogP contribution < -0.4 is 5.32 Å². The summed E-state index contributed by atoms with van der Waals surface area (Å²) < 4.78 is 28.3. The van der Waals surface area contributed by atoms with E-state index in [0.29, 0.717) is 29.7 Å². The number of amides is 1. The van der Waals surface area contributed by atoms with E-state index in [2.05, 4.69) is 26.2 Å². The van der Waals surface area contributed by atoms with Crippen molar-refractivity contribution < 1.29 is 13.2 Å². The van der Waals surface area contributed by atoms with Gasteiger partial charge in [0.05, 0.1) is 18.0 Å². The fourth-order valence-corrected chi connectivity index (χ4v) is 5.46. The number of thioether (sulfide) groups is 1. The van der Waals surface area contributed by atoms with Gasteiger partial charge in [-0.1, -0.05) is 39.8 Å². The molecule has 9 heteroatoms. The zero-order chi connectivity index (χ0) is 19.4. The minimum atomic E-state index is -3.68. The van der Waals surface area contributed by atoms with Gasteiger partial charge in [-0.15, -0.1) is 0 Å². The molecule has 1 aliphatic rings. The van der Waals surface area contributed by atoms with Crippen LogP contribution >= 0.6 is 27.7 Å². The summed E-state index contributed by atoms with van der Waals surface area (Å²) in [5.41, 5.74) is 1.65. The van der Waals surface area contributed by atoms with E-state index >= 15 is 0 Å². The van der Waals surface area contributed by atoms with Crippen LogP contribution in [-0.4, -0.2) is 36.9 Å². The number of hydrogen-bond acceptors (Lipinski definition) is 5. The third kappa shape index (κ3) is 4.91. The number of benzene rings is 2. The van der Waals surface area contributed by atoms with Crippen molar-refractivity contribution in [2.45, 2.75) is 17.6 Å². The van der Waals surface area contributed by atoms with Gasteiger partial charge in [0.25, 0.3) is 10.0 Å². The van der Waals surface area contributed by atoms with Crippen LogP contribution in [0.5, 0.6) is 0 Å². The Bertz CT molecular complexity index is 958. The van der Waals surface area contributed by atoms with Gasteiger partial charge in [-0.3, -0.25) is 9.79 Å². The lowest BCUT2D eigenvalue weighted by atomic mass is 10.2. The summed E-state index contributed by atoms with van der Waals surface area (Å²) >= 11 is 4.81. The predicted molar refractivity (Wildman–Crippen MR) is 112 cm³/mol. The molecule has 3 rings (SSSR count). The Kier molecular flexibility index (Phi) is 6.23. The average molecular weight is 468 g/mol. The maximum Gasteiger partial charge on any atom is 0.265 e. The second-order valence-electron chi connectivity index (χ2n) is 5.86. The molecular formula is C18H18BrN3O3S2. The van der Waals surface area contributed by atoms with E-state index in [1.54, 1.807) is 12.1 Å². The third-order valence-corrected chi connectivity index (χ3v) is 7.34. The average Bonchev–Trinajstić information content (AvgIpc) is 3.11. The highest BCUT2D eigenvalue weighted by Crippen LogP contribution is 2.26. The molecule has 6 nitrogen and oxygen atoms in total. The van der Waals surface area contributed by atoms with Crippen LogP contribution in [0.25, 0.3) is 0 Å². The first-order chi connectivity index (χ1) is 12.9. The van der Waals surface area contributed by atoms with Gasteiger partial charge >= 0.3 is 0 Å². The highest BCUT2D eigenvalue weighted by Gasteiger charge is 2.30. The first-order valence-corrected chi connectivity index (χ1v) is 11.4. The van der Waals surface area contributed by atoms with Gasteiger partial charge < -0.3 is 5.32 Å². The topological polar surface area (TPSA) is 78.8 Å². The molecule has 0 fully saturated rings. The van der Waals surface area contributed by atoms with Crippen LogP contribution in [0, 0.1) is 0 Å². The maximum absolute atomic E-state index is 13.0. The number of carbonyl (C=O) groups is 1. The van der Waals surface area contributed by atoms with Gasteiger partial charge in [-0.25, -0.2) is 12.7 Å². The Morgan fingerprint density at radius 2 is 1.85 bits per heavy atom. The van der Waals surface area contributed by atoms with Crippen molar-refractivity contribution in [3.8, 4) is 0 Å². The lowest BCUT2D eigenvalue weighted by molar-refractivity contribution is -0.114. The fraction of sp³-hybridized carbons (Fsp3) is 0.222. The molecule has 0 saturated carbocycles. The largest absolute Gasteiger partial charge is 0.326 e. The second kappa shape index (κ2) is 8.45. The van der Waals surface area contributed by atoms with Crippen molar-refractivity contribution in [3.63, 3.8) is 0 Å². The first kappa shape index (κ1) is 19.9. The van der Waals surface area contributed by atoms with E-state index in [9.17, 15) is 13.2 Å². The van der Waals surface area contributed by atoms with Gasteiger partial charge in [0.2, 0.25) is 5.91 Å². The Balaban J connectivity index is 1.72. The zero-order valence-electron chi connectivity index (χ0n) is 14.6. The van der Waals surface area contributed by atoms with Crippen molar-refractivity contribution in [1.29, 1.82) is 0 Å². The van der Waals surface area contributed by atoms with E-state index in [0.717, 1.165) is 10.0 Å². The molecule has 0 saturated heterocycles. The number of amidine groups is 1. The molecule has 1 amide bonds. The highest BCUT2D eigenvalue weighted by atomic mass is 79.9. The number of anilines is 1. The van der Waals surface area contributed by atoms with Crippen LogP contribution in [0.4, 0.5) is 5.69 Å². The smallest absolute Gasteiger partial charge is 0.265 e. The second-order valence-corrected chi connectivity index (χ2v) is 9.58. The minimum Gasteiger partial charge on any atom is -0.326 e. The summed E-state index contributed by atoms with van der Waals surface area (Å²) in [5, 5.41) is 3.13. The highest BCUT2D eigenvalue weighted by molar-refractivity contribution is 9.10. The molecule has 0 spiro atoms. The summed E-state index contributed by atoms with van der Waals surface area (Å²) in [6, 6.07) is 14.0. The number of aliphatic imine (C=N–C) groups is 1. The molecule has 142 valence electrons. The third-order valence-electron chi connectivity index (χ3n) is 3.81. The molecule has 1 heterocycles. The van der Waals surface area contributed by atoms with Crippen LogP contribution in [-0.2, 0) is 20.6 Å². The summed E-state index contributed by atoms with van der Waals surface area (Å²) in [7, 11) is -3.68. The summed E-state index contributed by atoms with van der Waals surface area (Å²) in [6.07, 6.45) is 0. The molecular weight excluding hydrogens is 450 g/mol. The first-order valence-electron chi connectivity index (χ1n) is 8.18. The van der Waals surface area contributed by atoms with E-state index in [4.69, 9.17) is 0 Å². The van der Waals surface area contributed by atoms with Gasteiger partial charge in [-0.05, 0) is 42.0 Å². The Morgan fingerprint density at radius 1 is 1.19 bits per heavy atom. The summed E-state index contributed by atoms with van der Waals surface area (Å²) in [6.45, 7) is 2.19. The molecule has 0 atom stereocenters. The monoisotopic (exact) mass is 467 g/mol. The van der Waals surface area contributed by atoms with E-state index < -0.39 is 10.0 Å². The fourth-order valence-electron chi connectivity index (χ4n) is 2.52. The van der Waals surface area contributed by atoms with E-state index in [1.807, 2.05) is 24.3 Å². The molecule has 0 radical (unpaired) electrons. The number of carbonyl (C=O) groups excluding carboxylic acids is 1. The van der Waals surface area contributed by atoms with Gasteiger partial charge in [0, 0.05) is 22.8 Å². The normalized spacial score (nSPS) is 14.1. The summed E-state index contributed by atoms with van der Waals surface area (Å²) in [5.74, 6) is 0.434. The van der Waals surface area contributed by atoms with Crippen LogP contribution in [0.15, 0.2) is 62.9 Å². The van der Waals surface area contributed by atoms with Gasteiger partial charge in [-0.2, -0.15) is 0 Å². The van der Waals surface area contributed by atoms with Gasteiger partial charge in [0.1, 0.15) is 0 Å². The maximum atomic E-state index is 13.0. The lowest BCUT2D eigenvalue weighted by Crippen LogP contribution is -2.32. The molecule has 1 N–H and O–H groups in total. The number of sulfonamides is 1. The SMILES string of the molecule is CC(=O)Nc1ccc(S(=O)(=O)N2CCN=C2SCc2ccc(Br)cc2)cc1. The Morgan fingerprint density at radius 3 is 2.48 bits per heavy atom. The van der Waals surface area contributed by atoms with E-state index in [-0.39, 0.29) is 10.8 Å². The standard InChI is InChI=1S/C18H18BrN3O3S2/c1-13(23)21-16-6-8-17(9-7-16)27(24,25)22-11-10-20-18(22)26-12-14-2-4-15(19)5-3-14/h2-9H,10-12H2,1H3,(H,21,23). The summed E-state index contributed by atoms with van der Waals surface area (Å²) in [4.78, 5) is 15.6. The van der Waals surface area contributed by atoms with E-state index in [1.165, 1.54) is 35.1 Å². The minimum absolute atomic E-state index is 0.176. The zero-order valence-corrected chi connectivity index (χ0v) is 17.8. The van der Waals surface area contributed by atoms with Crippen molar-refractivity contribution >= 4 is 54.5 Å². The molecule has 2 aromatic rings. The number of nitrogens with one attached hydrogen (secondary N) is 1. The van der Waals surface area contributed by atoms with Crippen LogP contribution in [0.3, 0.4) is 0 Å². The van der Waals surface area contributed by atoms with Crippen LogP contribution in [0.2, 0.25) is 0 Å². The molecule has 0 aliphatic carbocycles. The quantitative estimate of drug-likeness (QED) is 0.726. The van der Waals surface area contributed by atoms with Crippen molar-refractivity contribution in [2.75, 3.05) is 18.4 Å². The van der Waals surface area contributed by atoms with Crippen molar-refractivity contribution in [3.05, 3.63) is 58.6 Å². The number of hydrogen-bond donors (Lipinski definition) is 1. The number of rotatable bonds is 5. The molecule has 2 aromatic carbocycles. The molecule has 0 bridgehead atoms. The lowest BCUT2D eigenvalue weighted by Gasteiger charge is -2.20. The Labute approximate surface area is 171 Å². The van der Waals surface area contributed by atoms with Crippen molar-refractivity contribution in [2.24, 2.45) is 4.99 Å². The molecule has 0 aromatic heterocycles. The number of halogens is 1. The van der Waals surface area contributed by atoms with Crippen LogP contribution in [0.1, 0.15) is 12.5 Å². The number of nitrogens with zero attached hydrogens (tertiary/aromatic N) is 2.